The van der Waals surface area contributed by atoms with Crippen LogP contribution in [-0.2, 0) is 21.2 Å². The maximum Gasteiger partial charge on any atom is 0.322 e. The molecule has 9 heteroatoms. The summed E-state index contributed by atoms with van der Waals surface area (Å²) in [7, 11) is -3.63. The number of hydrogen-bond acceptors (Lipinski definition) is 4. The van der Waals surface area contributed by atoms with Gasteiger partial charge in [0, 0.05) is 12.2 Å². The first-order valence-electron chi connectivity index (χ1n) is 8.62. The second-order valence-corrected chi connectivity index (χ2v) is 8.03. The number of carboxylic acid groups (broad SMARTS) is 1. The number of urea groups is 1. The van der Waals surface area contributed by atoms with Gasteiger partial charge >= 0.3 is 12.0 Å². The van der Waals surface area contributed by atoms with Gasteiger partial charge in [0.05, 0.1) is 6.26 Å². The minimum absolute atomic E-state index is 0.0292. The van der Waals surface area contributed by atoms with E-state index in [-0.39, 0.29) is 12.5 Å². The minimum atomic E-state index is -3.63. The van der Waals surface area contributed by atoms with Crippen LogP contribution in [-0.4, -0.2) is 44.4 Å². The molecule has 0 heterocycles. The molecule has 1 atom stereocenters. The maximum absolute atomic E-state index is 11.6. The van der Waals surface area contributed by atoms with Gasteiger partial charge in [-0.25, -0.2) is 17.9 Å². The van der Waals surface area contributed by atoms with Gasteiger partial charge in [-0.2, -0.15) is 0 Å². The van der Waals surface area contributed by atoms with Crippen molar-refractivity contribution < 1.29 is 23.1 Å². The molecular weight excluding hydrogens is 382 g/mol. The van der Waals surface area contributed by atoms with Gasteiger partial charge in [0.2, 0.25) is 10.0 Å². The van der Waals surface area contributed by atoms with Crippen molar-refractivity contribution in [1.82, 2.24) is 10.0 Å². The second-order valence-electron chi connectivity index (χ2n) is 6.25. The first-order valence-corrected chi connectivity index (χ1v) is 10.5. The van der Waals surface area contributed by atoms with Gasteiger partial charge in [-0.05, 0) is 42.2 Å². The molecule has 2 aromatic rings. The van der Waals surface area contributed by atoms with Gasteiger partial charge < -0.3 is 15.7 Å². The number of benzene rings is 2. The number of aliphatic carboxylic acids is 1. The Hall–Kier alpha value is -2.91. The van der Waals surface area contributed by atoms with E-state index in [0.717, 1.165) is 17.4 Å². The number of hydrogen-bond donors (Lipinski definition) is 4. The molecule has 2 rings (SSSR count). The van der Waals surface area contributed by atoms with Crippen LogP contribution in [0.2, 0.25) is 0 Å². The zero-order chi connectivity index (χ0) is 20.7. The van der Waals surface area contributed by atoms with Crippen molar-refractivity contribution in [2.75, 3.05) is 18.1 Å². The van der Waals surface area contributed by atoms with Crippen molar-refractivity contribution in [1.29, 1.82) is 0 Å². The third kappa shape index (κ3) is 6.67. The third-order valence-electron chi connectivity index (χ3n) is 3.84. The van der Waals surface area contributed by atoms with Crippen LogP contribution in [0.25, 0.3) is 11.1 Å². The molecule has 28 heavy (non-hydrogen) atoms. The average Bonchev–Trinajstić information content (AvgIpc) is 2.61. The predicted molar refractivity (Wildman–Crippen MR) is 108 cm³/mol. The highest BCUT2D eigenvalue weighted by atomic mass is 32.2. The predicted octanol–water partition coefficient (Wildman–Crippen LogP) is 2.04. The zero-order valence-electron chi connectivity index (χ0n) is 15.6. The van der Waals surface area contributed by atoms with Crippen LogP contribution in [0.4, 0.5) is 10.5 Å². The Morgan fingerprint density at radius 3 is 2.32 bits per heavy atom. The lowest BCUT2D eigenvalue weighted by Gasteiger charge is -2.13. The largest absolute Gasteiger partial charge is 0.480 e. The topological polar surface area (TPSA) is 125 Å². The zero-order valence-corrected chi connectivity index (χ0v) is 16.4. The average molecular weight is 405 g/mol. The Morgan fingerprint density at radius 1 is 1.07 bits per heavy atom. The summed E-state index contributed by atoms with van der Waals surface area (Å²) < 4.78 is 24.7. The van der Waals surface area contributed by atoms with Crippen LogP contribution in [0.15, 0.2) is 48.5 Å². The second kappa shape index (κ2) is 9.34. The number of amides is 2. The highest BCUT2D eigenvalue weighted by molar-refractivity contribution is 7.88. The number of anilines is 1. The molecule has 0 aliphatic heterocycles. The summed E-state index contributed by atoms with van der Waals surface area (Å²) in [5.41, 5.74) is 3.09. The number of sulfonamides is 1. The molecule has 0 aliphatic rings. The summed E-state index contributed by atoms with van der Waals surface area (Å²) in [5.74, 6) is -1.24. The van der Waals surface area contributed by atoms with Crippen LogP contribution in [0.3, 0.4) is 0 Å². The van der Waals surface area contributed by atoms with E-state index in [2.05, 4.69) is 15.4 Å². The van der Waals surface area contributed by atoms with Crippen LogP contribution in [0.5, 0.6) is 0 Å². The molecular formula is C19H23N3O5S. The van der Waals surface area contributed by atoms with E-state index in [1.54, 1.807) is 18.2 Å². The van der Waals surface area contributed by atoms with Gasteiger partial charge in [0.1, 0.15) is 6.04 Å². The van der Waals surface area contributed by atoms with E-state index in [4.69, 9.17) is 0 Å². The molecule has 0 bridgehead atoms. The maximum atomic E-state index is 11.6. The molecule has 0 aliphatic carbocycles. The first-order chi connectivity index (χ1) is 13.2. The van der Waals surface area contributed by atoms with Crippen LogP contribution < -0.4 is 15.4 Å². The Balaban J connectivity index is 2.13. The lowest BCUT2D eigenvalue weighted by molar-refractivity contribution is -0.138. The number of carbonyl (C=O) groups is 2. The number of carboxylic acids is 1. The Labute approximate surface area is 164 Å². The normalized spacial score (nSPS) is 12.2. The van der Waals surface area contributed by atoms with Gasteiger partial charge in [0.25, 0.3) is 0 Å². The first kappa shape index (κ1) is 21.4. The van der Waals surface area contributed by atoms with Crippen molar-refractivity contribution in [3.05, 3.63) is 54.1 Å². The summed E-state index contributed by atoms with van der Waals surface area (Å²) in [6, 6.07) is 12.9. The smallest absolute Gasteiger partial charge is 0.322 e. The lowest BCUT2D eigenvalue weighted by atomic mass is 10.0. The highest BCUT2D eigenvalue weighted by Crippen LogP contribution is 2.23. The monoisotopic (exact) mass is 405 g/mol. The van der Waals surface area contributed by atoms with E-state index in [0.29, 0.717) is 17.8 Å². The molecule has 4 N–H and O–H groups in total. The lowest BCUT2D eigenvalue weighted by Crippen LogP contribution is -2.41. The van der Waals surface area contributed by atoms with E-state index < -0.39 is 22.0 Å². The van der Waals surface area contributed by atoms with Crippen LogP contribution in [0.1, 0.15) is 12.5 Å². The van der Waals surface area contributed by atoms with Crippen molar-refractivity contribution in [2.45, 2.75) is 19.4 Å². The highest BCUT2D eigenvalue weighted by Gasteiger charge is 2.21. The number of nitrogens with one attached hydrogen (secondary N) is 3. The van der Waals surface area contributed by atoms with E-state index >= 15 is 0 Å². The van der Waals surface area contributed by atoms with Gasteiger partial charge in [-0.15, -0.1) is 0 Å². The van der Waals surface area contributed by atoms with E-state index in [1.807, 2.05) is 37.3 Å². The van der Waals surface area contributed by atoms with Gasteiger partial charge in [-0.3, -0.25) is 4.79 Å². The molecule has 1 unspecified atom stereocenters. The molecule has 0 radical (unpaired) electrons. The quantitative estimate of drug-likeness (QED) is 0.535. The van der Waals surface area contributed by atoms with Crippen molar-refractivity contribution in [3.8, 4) is 11.1 Å². The van der Waals surface area contributed by atoms with Crippen molar-refractivity contribution in [2.24, 2.45) is 0 Å². The van der Waals surface area contributed by atoms with Gasteiger partial charge in [0.15, 0.2) is 0 Å². The van der Waals surface area contributed by atoms with E-state index in [9.17, 15) is 23.1 Å². The summed E-state index contributed by atoms with van der Waals surface area (Å²) >= 11 is 0. The summed E-state index contributed by atoms with van der Waals surface area (Å²) in [4.78, 5) is 22.9. The fourth-order valence-corrected chi connectivity index (χ4v) is 3.32. The Morgan fingerprint density at radius 2 is 1.75 bits per heavy atom. The number of rotatable bonds is 8. The number of carbonyl (C=O) groups excluding carboxylic acids is 1. The molecule has 0 saturated heterocycles. The Bertz CT molecular complexity index is 942. The van der Waals surface area contributed by atoms with Crippen LogP contribution >= 0.6 is 0 Å². The van der Waals surface area contributed by atoms with Crippen LogP contribution in [0, 0.1) is 0 Å². The fraction of sp³-hybridized carbons (Fsp3) is 0.263. The molecule has 0 saturated carbocycles. The standard InChI is InChI=1S/C19H23N3O5S/c1-3-20-19(25)21-16-6-4-5-15(12-16)14-9-7-13(8-10-14)11-17(18(23)24)22-28(2,26)27/h4-10,12,17,22H,3,11H2,1-2H3,(H,23,24)(H2,20,21,25). The molecule has 0 aromatic heterocycles. The van der Waals surface area contributed by atoms with Crippen molar-refractivity contribution in [3.63, 3.8) is 0 Å². The molecule has 0 fully saturated rings. The third-order valence-corrected chi connectivity index (χ3v) is 4.55. The van der Waals surface area contributed by atoms with Gasteiger partial charge in [-0.1, -0.05) is 36.4 Å². The fourth-order valence-electron chi connectivity index (χ4n) is 2.62. The molecule has 0 spiro atoms. The molecule has 8 nitrogen and oxygen atoms in total. The summed E-state index contributed by atoms with van der Waals surface area (Å²) in [5, 5.41) is 14.6. The summed E-state index contributed by atoms with van der Waals surface area (Å²) in [6.07, 6.45) is 0.954. The summed E-state index contributed by atoms with van der Waals surface area (Å²) in [6.45, 7) is 2.36. The molecule has 2 aromatic carbocycles. The minimum Gasteiger partial charge on any atom is -0.480 e. The Kier molecular flexibility index (Phi) is 7.13. The van der Waals surface area contributed by atoms with E-state index in [1.165, 1.54) is 0 Å². The van der Waals surface area contributed by atoms with Crippen molar-refractivity contribution >= 4 is 27.7 Å². The SMILES string of the molecule is CCNC(=O)Nc1cccc(-c2ccc(CC(NS(C)(=O)=O)C(=O)O)cc2)c1. The molecule has 150 valence electrons. The molecule has 2 amide bonds.